The molecule has 0 amide bonds. The van der Waals surface area contributed by atoms with Crippen LogP contribution in [0.5, 0.6) is 5.75 Å². The van der Waals surface area contributed by atoms with E-state index in [1.54, 1.807) is 12.1 Å². The summed E-state index contributed by atoms with van der Waals surface area (Å²) in [4.78, 5) is 0.200. The van der Waals surface area contributed by atoms with E-state index in [0.717, 1.165) is 0 Å². The highest BCUT2D eigenvalue weighted by molar-refractivity contribution is 7.80. The molecule has 0 spiro atoms. The Kier molecular flexibility index (Phi) is 3.86. The third-order valence-corrected chi connectivity index (χ3v) is 2.62. The molecule has 0 unspecified atom stereocenters. The Bertz CT molecular complexity index is 620. The first kappa shape index (κ1) is 13.2. The molecule has 0 atom stereocenters. The van der Waals surface area contributed by atoms with E-state index >= 15 is 0 Å². The standard InChI is InChI=1S/C12H11FN4OS/c1-18-10-6-7(2-3-9(10)13)16-12-8(11(14)19)4-5-15-17-12/h2-6H,1H3,(H2,14,19)(H,16,17). The summed E-state index contributed by atoms with van der Waals surface area (Å²) < 4.78 is 18.2. The highest BCUT2D eigenvalue weighted by atomic mass is 32.1. The van der Waals surface area contributed by atoms with Gasteiger partial charge in [0.2, 0.25) is 0 Å². The Morgan fingerprint density at radius 2 is 2.21 bits per heavy atom. The third-order valence-electron chi connectivity index (χ3n) is 2.40. The van der Waals surface area contributed by atoms with Crippen LogP contribution in [0.25, 0.3) is 0 Å². The first-order chi connectivity index (χ1) is 9.11. The molecule has 19 heavy (non-hydrogen) atoms. The summed E-state index contributed by atoms with van der Waals surface area (Å²) in [5, 5.41) is 10.6. The quantitative estimate of drug-likeness (QED) is 0.833. The van der Waals surface area contributed by atoms with Crippen LogP contribution in [-0.2, 0) is 0 Å². The average Bonchev–Trinajstić information content (AvgIpc) is 2.41. The van der Waals surface area contributed by atoms with Gasteiger partial charge in [0.25, 0.3) is 0 Å². The summed E-state index contributed by atoms with van der Waals surface area (Å²) in [5.41, 5.74) is 6.74. The van der Waals surface area contributed by atoms with E-state index in [2.05, 4.69) is 15.5 Å². The van der Waals surface area contributed by atoms with E-state index in [0.29, 0.717) is 17.1 Å². The second kappa shape index (κ2) is 5.57. The normalized spacial score (nSPS) is 10.0. The number of hydrogen-bond donors (Lipinski definition) is 2. The van der Waals surface area contributed by atoms with Crippen LogP contribution in [0.1, 0.15) is 5.56 Å². The average molecular weight is 278 g/mol. The molecule has 1 aromatic carbocycles. The van der Waals surface area contributed by atoms with Crippen LogP contribution in [0, 0.1) is 5.82 Å². The van der Waals surface area contributed by atoms with Crippen molar-refractivity contribution in [3.05, 3.63) is 41.8 Å². The van der Waals surface area contributed by atoms with Crippen LogP contribution in [0.3, 0.4) is 0 Å². The number of methoxy groups -OCH3 is 1. The van der Waals surface area contributed by atoms with Gasteiger partial charge in [0.1, 0.15) is 4.99 Å². The van der Waals surface area contributed by atoms with Crippen LogP contribution >= 0.6 is 12.2 Å². The lowest BCUT2D eigenvalue weighted by Gasteiger charge is -2.10. The van der Waals surface area contributed by atoms with Gasteiger partial charge in [0, 0.05) is 11.8 Å². The zero-order valence-electron chi connectivity index (χ0n) is 10.1. The largest absolute Gasteiger partial charge is 0.494 e. The molecule has 5 nitrogen and oxygen atoms in total. The van der Waals surface area contributed by atoms with Crippen LogP contribution in [-0.4, -0.2) is 22.3 Å². The molecule has 98 valence electrons. The maximum Gasteiger partial charge on any atom is 0.165 e. The minimum atomic E-state index is -0.443. The predicted octanol–water partition coefficient (Wildman–Crippen LogP) is 2.00. The molecule has 2 rings (SSSR count). The third kappa shape index (κ3) is 2.94. The molecule has 0 bridgehead atoms. The first-order valence-corrected chi connectivity index (χ1v) is 5.74. The number of nitrogens with two attached hydrogens (primary N) is 1. The first-order valence-electron chi connectivity index (χ1n) is 5.34. The number of thiocarbonyl (C=S) groups is 1. The summed E-state index contributed by atoms with van der Waals surface area (Å²) in [7, 11) is 1.39. The Labute approximate surface area is 114 Å². The maximum atomic E-state index is 13.3. The summed E-state index contributed by atoms with van der Waals surface area (Å²) in [5.74, 6) is 0.0937. The molecular weight excluding hydrogens is 267 g/mol. The van der Waals surface area contributed by atoms with Gasteiger partial charge in [0.05, 0.1) is 18.9 Å². The van der Waals surface area contributed by atoms with Crippen molar-refractivity contribution >= 4 is 28.7 Å². The zero-order valence-corrected chi connectivity index (χ0v) is 10.9. The van der Waals surface area contributed by atoms with Crippen LogP contribution < -0.4 is 15.8 Å². The lowest BCUT2D eigenvalue weighted by molar-refractivity contribution is 0.387. The lowest BCUT2D eigenvalue weighted by atomic mass is 10.2. The van der Waals surface area contributed by atoms with Crippen molar-refractivity contribution in [1.82, 2.24) is 10.2 Å². The predicted molar refractivity (Wildman–Crippen MR) is 74.2 cm³/mol. The van der Waals surface area contributed by atoms with Crippen molar-refractivity contribution < 1.29 is 9.13 Å². The molecular formula is C12H11FN4OS. The number of rotatable bonds is 4. The molecule has 1 heterocycles. The fraction of sp³-hybridized carbons (Fsp3) is 0.0833. The molecule has 0 aliphatic heterocycles. The molecule has 0 fully saturated rings. The van der Waals surface area contributed by atoms with E-state index in [9.17, 15) is 4.39 Å². The van der Waals surface area contributed by atoms with Gasteiger partial charge in [-0.05, 0) is 18.2 Å². The number of nitrogens with one attached hydrogen (secondary N) is 1. The molecule has 0 saturated heterocycles. The van der Waals surface area contributed by atoms with Crippen LogP contribution in [0.2, 0.25) is 0 Å². The highest BCUT2D eigenvalue weighted by Crippen LogP contribution is 2.24. The number of hydrogen-bond acceptors (Lipinski definition) is 5. The van der Waals surface area contributed by atoms with Crippen molar-refractivity contribution in [3.8, 4) is 5.75 Å². The zero-order chi connectivity index (χ0) is 13.8. The number of aromatic nitrogens is 2. The van der Waals surface area contributed by atoms with Gasteiger partial charge in [-0.3, -0.25) is 0 Å². The van der Waals surface area contributed by atoms with Gasteiger partial charge < -0.3 is 15.8 Å². The van der Waals surface area contributed by atoms with E-state index in [-0.39, 0.29) is 10.7 Å². The van der Waals surface area contributed by atoms with Crippen LogP contribution in [0.4, 0.5) is 15.9 Å². The van der Waals surface area contributed by atoms with E-state index in [1.807, 2.05) is 0 Å². The van der Waals surface area contributed by atoms with Crippen molar-refractivity contribution in [1.29, 1.82) is 0 Å². The molecule has 3 N–H and O–H groups in total. The second-order valence-corrected chi connectivity index (χ2v) is 4.07. The number of anilines is 2. The topological polar surface area (TPSA) is 73.1 Å². The SMILES string of the molecule is COc1cc(Nc2nnccc2C(N)=S)ccc1F. The van der Waals surface area contributed by atoms with Gasteiger partial charge in [-0.2, -0.15) is 5.10 Å². The monoisotopic (exact) mass is 278 g/mol. The summed E-state index contributed by atoms with van der Waals surface area (Å²) in [6.07, 6.45) is 1.49. The van der Waals surface area contributed by atoms with E-state index < -0.39 is 5.82 Å². The molecule has 7 heteroatoms. The van der Waals surface area contributed by atoms with Gasteiger partial charge in [0.15, 0.2) is 17.4 Å². The number of halogens is 1. The molecule has 1 aromatic heterocycles. The van der Waals surface area contributed by atoms with E-state index in [4.69, 9.17) is 22.7 Å². The number of ether oxygens (including phenoxy) is 1. The number of benzene rings is 1. The minimum Gasteiger partial charge on any atom is -0.494 e. The fourth-order valence-electron chi connectivity index (χ4n) is 1.50. The van der Waals surface area contributed by atoms with Gasteiger partial charge in [-0.15, -0.1) is 5.10 Å². The molecule has 2 aromatic rings. The Morgan fingerprint density at radius 1 is 1.42 bits per heavy atom. The minimum absolute atomic E-state index is 0.130. The van der Waals surface area contributed by atoms with Gasteiger partial charge >= 0.3 is 0 Å². The van der Waals surface area contributed by atoms with E-state index in [1.165, 1.54) is 25.4 Å². The molecule has 0 saturated carbocycles. The van der Waals surface area contributed by atoms with Crippen LogP contribution in [0.15, 0.2) is 30.5 Å². The Morgan fingerprint density at radius 3 is 2.89 bits per heavy atom. The Balaban J connectivity index is 2.34. The second-order valence-electron chi connectivity index (χ2n) is 3.63. The maximum absolute atomic E-state index is 13.3. The van der Waals surface area contributed by atoms with Crippen molar-refractivity contribution in [2.24, 2.45) is 5.73 Å². The highest BCUT2D eigenvalue weighted by Gasteiger charge is 2.09. The fourth-order valence-corrected chi connectivity index (χ4v) is 1.66. The van der Waals surface area contributed by atoms with Crippen molar-refractivity contribution in [2.75, 3.05) is 12.4 Å². The summed E-state index contributed by atoms with van der Waals surface area (Å²) >= 11 is 4.92. The van der Waals surface area contributed by atoms with Crippen molar-refractivity contribution in [2.45, 2.75) is 0 Å². The smallest absolute Gasteiger partial charge is 0.165 e. The summed E-state index contributed by atoms with van der Waals surface area (Å²) in [6.45, 7) is 0. The Hall–Kier alpha value is -2.28. The van der Waals surface area contributed by atoms with Crippen molar-refractivity contribution in [3.63, 3.8) is 0 Å². The summed E-state index contributed by atoms with van der Waals surface area (Å²) in [6, 6.07) is 6.00. The van der Waals surface area contributed by atoms with Gasteiger partial charge in [-0.25, -0.2) is 4.39 Å². The molecule has 0 aliphatic rings. The lowest BCUT2D eigenvalue weighted by Crippen LogP contribution is -2.13. The molecule has 0 aliphatic carbocycles. The van der Waals surface area contributed by atoms with Gasteiger partial charge in [-0.1, -0.05) is 12.2 Å². The number of nitrogens with zero attached hydrogens (tertiary/aromatic N) is 2. The molecule has 0 radical (unpaired) electrons.